The lowest BCUT2D eigenvalue weighted by atomic mass is 9.69. The van der Waals surface area contributed by atoms with Gasteiger partial charge in [0.2, 0.25) is 5.88 Å². The average molecular weight is 477 g/mol. The summed E-state index contributed by atoms with van der Waals surface area (Å²) < 4.78 is 11.9. The van der Waals surface area contributed by atoms with Crippen LogP contribution in [0, 0.1) is 37.5 Å². The number of allylic oxidation sites excluding steroid dienone is 3. The van der Waals surface area contributed by atoms with Gasteiger partial charge in [-0.1, -0.05) is 31.5 Å². The minimum atomic E-state index is -0.549. The molecule has 0 aromatic heterocycles. The maximum Gasteiger partial charge on any atom is 0.205 e. The van der Waals surface area contributed by atoms with Crippen molar-refractivity contribution in [3.05, 3.63) is 86.0 Å². The Labute approximate surface area is 205 Å². The van der Waals surface area contributed by atoms with Gasteiger partial charge in [-0.05, 0) is 78.3 Å². The number of nitrogens with two attached hydrogens (primary N) is 1. The predicted octanol–water partition coefficient (Wildman–Crippen LogP) is 6.30. The smallest absolute Gasteiger partial charge is 0.205 e. The summed E-state index contributed by atoms with van der Waals surface area (Å²) in [5, 5.41) is 10.7. The van der Waals surface area contributed by atoms with Crippen molar-refractivity contribution in [1.82, 2.24) is 0 Å². The molecule has 34 heavy (non-hydrogen) atoms. The van der Waals surface area contributed by atoms with Gasteiger partial charge in [-0.2, -0.15) is 5.26 Å². The number of halogens is 1. The van der Waals surface area contributed by atoms with Crippen LogP contribution in [0.5, 0.6) is 5.75 Å². The quantitative estimate of drug-likeness (QED) is 0.560. The zero-order valence-electron chi connectivity index (χ0n) is 20.2. The standard InChI is InChI=1S/C28H29ClN2O3/c1-15-10-16(2)24(17(3)21(15)14-33-19-8-6-18(29)7-9-19)25-20(13-30)27(31)34-23-12-28(4,5)11-22(32)26(23)25/h6-10,25H,11-12,14,31H2,1-5H3/t25-/m0/s1. The van der Waals surface area contributed by atoms with Gasteiger partial charge < -0.3 is 15.2 Å². The number of rotatable bonds is 4. The molecule has 2 aromatic rings. The van der Waals surface area contributed by atoms with Gasteiger partial charge in [0.05, 0.1) is 5.92 Å². The van der Waals surface area contributed by atoms with Crippen LogP contribution < -0.4 is 10.5 Å². The summed E-state index contributed by atoms with van der Waals surface area (Å²) in [4.78, 5) is 13.4. The third kappa shape index (κ3) is 4.31. The monoisotopic (exact) mass is 476 g/mol. The molecule has 6 heteroatoms. The molecule has 0 saturated heterocycles. The van der Waals surface area contributed by atoms with Crippen molar-refractivity contribution in [3.8, 4) is 11.8 Å². The van der Waals surface area contributed by atoms with Crippen LogP contribution in [0.2, 0.25) is 5.02 Å². The van der Waals surface area contributed by atoms with Crippen LogP contribution in [-0.2, 0) is 16.1 Å². The summed E-state index contributed by atoms with van der Waals surface area (Å²) >= 11 is 5.99. The summed E-state index contributed by atoms with van der Waals surface area (Å²) in [7, 11) is 0. The fraction of sp³-hybridized carbons (Fsp3) is 0.357. The second kappa shape index (κ2) is 8.85. The van der Waals surface area contributed by atoms with Gasteiger partial charge in [0, 0.05) is 23.4 Å². The first-order valence-electron chi connectivity index (χ1n) is 11.3. The van der Waals surface area contributed by atoms with E-state index in [0.717, 1.165) is 27.8 Å². The number of carbonyl (C=O) groups excluding carboxylic acids is 1. The highest BCUT2D eigenvalue weighted by molar-refractivity contribution is 6.30. The Bertz CT molecular complexity index is 1280. The van der Waals surface area contributed by atoms with Crippen molar-refractivity contribution in [1.29, 1.82) is 5.26 Å². The van der Waals surface area contributed by atoms with Crippen LogP contribution in [0.15, 0.2) is 53.1 Å². The predicted molar refractivity (Wildman–Crippen MR) is 132 cm³/mol. The van der Waals surface area contributed by atoms with E-state index in [1.165, 1.54) is 0 Å². The van der Waals surface area contributed by atoms with E-state index in [1.807, 2.05) is 46.8 Å². The molecular weight excluding hydrogens is 448 g/mol. The Hall–Kier alpha value is -3.23. The molecule has 0 unspecified atom stereocenters. The number of Topliss-reactive ketones (excluding diaryl/α,β-unsaturated/α-hetero) is 1. The maximum absolute atomic E-state index is 13.4. The third-order valence-electron chi connectivity index (χ3n) is 6.75. The van der Waals surface area contributed by atoms with Crippen molar-refractivity contribution in [3.63, 3.8) is 0 Å². The summed E-state index contributed by atoms with van der Waals surface area (Å²) in [5.41, 5.74) is 11.9. The van der Waals surface area contributed by atoms with Gasteiger partial charge in [0.15, 0.2) is 5.78 Å². The molecule has 0 radical (unpaired) electrons. The summed E-state index contributed by atoms with van der Waals surface area (Å²) in [6, 6.07) is 11.5. The second-order valence-corrected chi connectivity index (χ2v) is 10.4. The van der Waals surface area contributed by atoms with E-state index in [9.17, 15) is 10.1 Å². The van der Waals surface area contributed by atoms with E-state index in [1.54, 1.807) is 12.1 Å². The van der Waals surface area contributed by atoms with E-state index in [2.05, 4.69) is 12.1 Å². The molecule has 0 fully saturated rings. The number of ketones is 1. The van der Waals surface area contributed by atoms with Crippen molar-refractivity contribution in [2.45, 2.75) is 60.0 Å². The Morgan fingerprint density at radius 2 is 1.85 bits per heavy atom. The van der Waals surface area contributed by atoms with E-state index >= 15 is 0 Å². The van der Waals surface area contributed by atoms with Crippen LogP contribution in [0.4, 0.5) is 0 Å². The Balaban J connectivity index is 1.83. The van der Waals surface area contributed by atoms with Gasteiger partial charge in [0.25, 0.3) is 0 Å². The highest BCUT2D eigenvalue weighted by Gasteiger charge is 2.44. The highest BCUT2D eigenvalue weighted by Crippen LogP contribution is 2.49. The fourth-order valence-electron chi connectivity index (χ4n) is 5.17. The lowest BCUT2D eigenvalue weighted by molar-refractivity contribution is -0.119. The Morgan fingerprint density at radius 1 is 1.18 bits per heavy atom. The SMILES string of the molecule is Cc1cc(C)c([C@@H]2C(C#N)=C(N)OC3=C2C(=O)CC(C)(C)C3)c(C)c1COc1ccc(Cl)cc1. The van der Waals surface area contributed by atoms with E-state index < -0.39 is 5.92 Å². The Kier molecular flexibility index (Phi) is 6.22. The molecule has 1 aliphatic heterocycles. The molecule has 176 valence electrons. The summed E-state index contributed by atoms with van der Waals surface area (Å²) in [6.07, 6.45) is 1.00. The lowest BCUT2D eigenvalue weighted by Gasteiger charge is -2.38. The number of nitrogens with zero attached hydrogens (tertiary/aromatic N) is 1. The van der Waals surface area contributed by atoms with Gasteiger partial charge in [-0.25, -0.2) is 0 Å². The summed E-state index contributed by atoms with van der Waals surface area (Å²) in [6.45, 7) is 10.5. The van der Waals surface area contributed by atoms with Crippen LogP contribution in [-0.4, -0.2) is 5.78 Å². The highest BCUT2D eigenvalue weighted by atomic mass is 35.5. The molecule has 2 aromatic carbocycles. The first-order valence-corrected chi connectivity index (χ1v) is 11.7. The van der Waals surface area contributed by atoms with Crippen molar-refractivity contribution in [2.24, 2.45) is 11.1 Å². The number of carbonyl (C=O) groups is 1. The zero-order valence-corrected chi connectivity index (χ0v) is 21.0. The molecule has 1 heterocycles. The largest absolute Gasteiger partial charge is 0.489 e. The van der Waals surface area contributed by atoms with Gasteiger partial charge in [0.1, 0.15) is 29.8 Å². The summed E-state index contributed by atoms with van der Waals surface area (Å²) in [5.74, 6) is 0.839. The fourth-order valence-corrected chi connectivity index (χ4v) is 5.30. The number of hydrogen-bond acceptors (Lipinski definition) is 5. The van der Waals surface area contributed by atoms with Crippen LogP contribution in [0.1, 0.15) is 60.4 Å². The average Bonchev–Trinajstić information content (AvgIpc) is 2.73. The van der Waals surface area contributed by atoms with Crippen LogP contribution >= 0.6 is 11.6 Å². The van der Waals surface area contributed by atoms with E-state index in [4.69, 9.17) is 26.8 Å². The molecule has 5 nitrogen and oxygen atoms in total. The van der Waals surface area contributed by atoms with E-state index in [0.29, 0.717) is 41.6 Å². The molecule has 1 atom stereocenters. The number of hydrogen-bond donors (Lipinski definition) is 1. The Morgan fingerprint density at radius 3 is 2.50 bits per heavy atom. The van der Waals surface area contributed by atoms with Gasteiger partial charge in [-0.15, -0.1) is 0 Å². The first-order chi connectivity index (χ1) is 16.0. The van der Waals surface area contributed by atoms with Crippen LogP contribution in [0.25, 0.3) is 0 Å². The molecule has 0 spiro atoms. The lowest BCUT2D eigenvalue weighted by Crippen LogP contribution is -2.34. The molecule has 0 saturated carbocycles. The maximum atomic E-state index is 13.4. The van der Waals surface area contributed by atoms with Crippen molar-refractivity contribution in [2.75, 3.05) is 0 Å². The normalized spacial score (nSPS) is 19.4. The molecule has 2 N–H and O–H groups in total. The second-order valence-electron chi connectivity index (χ2n) is 9.97. The number of benzene rings is 2. The molecule has 2 aliphatic rings. The number of nitriles is 1. The number of aryl methyl sites for hydroxylation is 2. The van der Waals surface area contributed by atoms with Gasteiger partial charge in [-0.3, -0.25) is 4.79 Å². The van der Waals surface area contributed by atoms with Crippen LogP contribution in [0.3, 0.4) is 0 Å². The molecule has 0 bridgehead atoms. The van der Waals surface area contributed by atoms with Crippen molar-refractivity contribution < 1.29 is 14.3 Å². The first kappa shape index (κ1) is 23.9. The zero-order chi connectivity index (χ0) is 24.8. The van der Waals surface area contributed by atoms with Crippen molar-refractivity contribution >= 4 is 17.4 Å². The molecule has 1 aliphatic carbocycles. The third-order valence-corrected chi connectivity index (χ3v) is 7.00. The molecule has 4 rings (SSSR count). The van der Waals surface area contributed by atoms with E-state index in [-0.39, 0.29) is 22.7 Å². The minimum absolute atomic E-state index is 0.00911. The topological polar surface area (TPSA) is 85.3 Å². The number of ether oxygens (including phenoxy) is 2. The molecular formula is C28H29ClN2O3. The molecule has 0 amide bonds. The van der Waals surface area contributed by atoms with Gasteiger partial charge >= 0.3 is 0 Å². The minimum Gasteiger partial charge on any atom is -0.489 e.